The van der Waals surface area contributed by atoms with Crippen LogP contribution in [-0.2, 0) is 0 Å². The number of nitrogens with two attached hydrogens (primary N) is 1. The van der Waals surface area contributed by atoms with E-state index in [-0.39, 0.29) is 36.8 Å². The Balaban J connectivity index is 0.00000113. The maximum absolute atomic E-state index is 12.5. The van der Waals surface area contributed by atoms with Gasteiger partial charge < -0.3 is 5.73 Å². The van der Waals surface area contributed by atoms with Crippen LogP contribution in [0.5, 0.6) is 0 Å². The number of amides is 1. The van der Waals surface area contributed by atoms with Gasteiger partial charge in [0.15, 0.2) is 0 Å². The van der Waals surface area contributed by atoms with Crippen molar-refractivity contribution in [1.29, 1.82) is 0 Å². The van der Waals surface area contributed by atoms with Crippen LogP contribution in [-0.4, -0.2) is 22.1 Å². The van der Waals surface area contributed by atoms with E-state index in [9.17, 15) is 4.79 Å². The summed E-state index contributed by atoms with van der Waals surface area (Å²) >= 11 is 1.36. The second-order valence-corrected chi connectivity index (χ2v) is 7.05. The lowest BCUT2D eigenvalue weighted by Gasteiger charge is -2.09. The van der Waals surface area contributed by atoms with Gasteiger partial charge in [-0.1, -0.05) is 35.6 Å². The molecule has 5 nitrogen and oxygen atoms in total. The molecule has 3 N–H and O–H groups in total. The van der Waals surface area contributed by atoms with Crippen LogP contribution in [0.15, 0.2) is 36.4 Å². The highest BCUT2D eigenvalue weighted by Gasteiger charge is 2.36. The van der Waals surface area contributed by atoms with E-state index in [1.807, 2.05) is 37.3 Å². The van der Waals surface area contributed by atoms with Gasteiger partial charge in [0.2, 0.25) is 5.13 Å². The average Bonchev–Trinajstić information content (AvgIpc) is 3.14. The van der Waals surface area contributed by atoms with Crippen molar-refractivity contribution >= 4 is 58.0 Å². The minimum atomic E-state index is -0.164. The Morgan fingerprint density at radius 3 is 2.60 bits per heavy atom. The fourth-order valence-corrected chi connectivity index (χ4v) is 3.45. The number of aryl methyl sites for hydroxylation is 1. The predicted octanol–water partition coefficient (Wildman–Crippen LogP) is 3.91. The van der Waals surface area contributed by atoms with Crippen LogP contribution >= 0.6 is 36.2 Å². The molecule has 0 bridgehead atoms. The Hall–Kier alpha value is -1.73. The number of nitrogens with zero attached hydrogens (tertiary/aromatic N) is 2. The lowest BCUT2D eigenvalue weighted by Crippen LogP contribution is -2.12. The van der Waals surface area contributed by atoms with E-state index in [2.05, 4.69) is 21.6 Å². The van der Waals surface area contributed by atoms with Gasteiger partial charge in [-0.05, 0) is 41.8 Å². The molecule has 3 aromatic rings. The van der Waals surface area contributed by atoms with Gasteiger partial charge in [0.1, 0.15) is 5.01 Å². The minimum Gasteiger partial charge on any atom is -0.327 e. The smallest absolute Gasteiger partial charge is 0.257 e. The molecule has 2 unspecified atom stereocenters. The summed E-state index contributed by atoms with van der Waals surface area (Å²) in [5.74, 6) is 0.179. The summed E-state index contributed by atoms with van der Waals surface area (Å²) in [6.07, 6.45) is 0.977. The molecule has 8 heteroatoms. The molecule has 25 heavy (non-hydrogen) atoms. The predicted molar refractivity (Wildman–Crippen MR) is 106 cm³/mol. The molecule has 4 rings (SSSR count). The van der Waals surface area contributed by atoms with Crippen LogP contribution in [0.3, 0.4) is 0 Å². The zero-order valence-electron chi connectivity index (χ0n) is 13.4. The number of benzene rings is 2. The van der Waals surface area contributed by atoms with E-state index >= 15 is 0 Å². The van der Waals surface area contributed by atoms with Gasteiger partial charge in [0.05, 0.1) is 0 Å². The highest BCUT2D eigenvalue weighted by molar-refractivity contribution is 7.15. The number of aromatic nitrogens is 2. The highest BCUT2D eigenvalue weighted by atomic mass is 35.5. The molecule has 1 aromatic heterocycles. The van der Waals surface area contributed by atoms with Gasteiger partial charge in [-0.3, -0.25) is 10.1 Å². The standard InChI is InChI=1S/C17H16N4OS.2ClH/c1-9-20-21-17(23-9)19-16(22)11-6-10-4-2-3-5-12(10)13(7-11)14-8-15(14)18;;/h2-7,14-15H,8,18H2,1H3,(H,19,21,22);2*1H. The fourth-order valence-electron chi connectivity index (χ4n) is 2.87. The first kappa shape index (κ1) is 19.6. The number of carbonyl (C=O) groups is 1. The molecule has 1 saturated carbocycles. The van der Waals surface area contributed by atoms with Crippen molar-refractivity contribution in [2.45, 2.75) is 25.3 Å². The van der Waals surface area contributed by atoms with Crippen LogP contribution < -0.4 is 11.1 Å². The fraction of sp³-hybridized carbons (Fsp3) is 0.235. The Kier molecular flexibility index (Phi) is 6.00. The van der Waals surface area contributed by atoms with E-state index in [0.29, 0.717) is 16.6 Å². The summed E-state index contributed by atoms with van der Waals surface area (Å²) in [6, 6.07) is 12.2. The van der Waals surface area contributed by atoms with Crippen LogP contribution in [0.25, 0.3) is 10.8 Å². The maximum atomic E-state index is 12.5. The van der Waals surface area contributed by atoms with Crippen molar-refractivity contribution in [2.75, 3.05) is 5.32 Å². The zero-order valence-corrected chi connectivity index (χ0v) is 15.9. The van der Waals surface area contributed by atoms with E-state index < -0.39 is 0 Å². The van der Waals surface area contributed by atoms with Gasteiger partial charge in [0.25, 0.3) is 5.91 Å². The lowest BCUT2D eigenvalue weighted by atomic mass is 9.97. The quantitative estimate of drug-likeness (QED) is 0.702. The molecule has 0 saturated heterocycles. The zero-order chi connectivity index (χ0) is 16.0. The third-order valence-electron chi connectivity index (χ3n) is 4.14. The first-order chi connectivity index (χ1) is 11.1. The van der Waals surface area contributed by atoms with E-state index in [1.165, 1.54) is 16.7 Å². The summed E-state index contributed by atoms with van der Waals surface area (Å²) in [4.78, 5) is 12.5. The Morgan fingerprint density at radius 2 is 1.96 bits per heavy atom. The van der Waals surface area contributed by atoms with Crippen molar-refractivity contribution in [3.05, 3.63) is 52.5 Å². The van der Waals surface area contributed by atoms with Crippen molar-refractivity contribution in [1.82, 2.24) is 10.2 Å². The normalized spacial score (nSPS) is 18.2. The average molecular weight is 397 g/mol. The van der Waals surface area contributed by atoms with E-state index in [1.54, 1.807) is 0 Å². The molecule has 2 atom stereocenters. The van der Waals surface area contributed by atoms with Gasteiger partial charge in [0, 0.05) is 17.5 Å². The molecule has 132 valence electrons. The van der Waals surface area contributed by atoms with Gasteiger partial charge in [-0.2, -0.15) is 0 Å². The number of anilines is 1. The summed E-state index contributed by atoms with van der Waals surface area (Å²) in [5, 5.41) is 14.2. The molecule has 0 spiro atoms. The van der Waals surface area contributed by atoms with Crippen LogP contribution in [0.1, 0.15) is 33.3 Å². The molecule has 1 aliphatic rings. The van der Waals surface area contributed by atoms with Crippen LogP contribution in [0.4, 0.5) is 5.13 Å². The van der Waals surface area contributed by atoms with Gasteiger partial charge in [-0.25, -0.2) is 0 Å². The molecule has 1 heterocycles. The van der Waals surface area contributed by atoms with E-state index in [0.717, 1.165) is 22.4 Å². The Labute approximate surface area is 161 Å². The molecular formula is C17H18Cl2N4OS. The number of fused-ring (bicyclic) bond motifs is 1. The van der Waals surface area contributed by atoms with Gasteiger partial charge >= 0.3 is 0 Å². The molecule has 1 aliphatic carbocycles. The third-order valence-corrected chi connectivity index (χ3v) is 4.90. The third kappa shape index (κ3) is 3.93. The second-order valence-electron chi connectivity index (χ2n) is 5.87. The topological polar surface area (TPSA) is 80.9 Å². The largest absolute Gasteiger partial charge is 0.327 e. The van der Waals surface area contributed by atoms with Crippen molar-refractivity contribution in [2.24, 2.45) is 5.73 Å². The highest BCUT2D eigenvalue weighted by Crippen LogP contribution is 2.42. The summed E-state index contributed by atoms with van der Waals surface area (Å²) in [7, 11) is 0. The first-order valence-electron chi connectivity index (χ1n) is 7.51. The monoisotopic (exact) mass is 396 g/mol. The Bertz CT molecular complexity index is 915. The first-order valence-corrected chi connectivity index (χ1v) is 8.33. The SMILES string of the molecule is Cc1nnc(NC(=O)c2cc(C3CC3N)c3ccccc3c2)s1.Cl.Cl. The summed E-state index contributed by atoms with van der Waals surface area (Å²) in [6.45, 7) is 1.86. The second kappa shape index (κ2) is 7.66. The number of rotatable bonds is 3. The number of carbonyl (C=O) groups excluding carboxylic acids is 1. The van der Waals surface area contributed by atoms with Crippen LogP contribution in [0.2, 0.25) is 0 Å². The summed E-state index contributed by atoms with van der Waals surface area (Å²) in [5.41, 5.74) is 7.82. The maximum Gasteiger partial charge on any atom is 0.257 e. The molecule has 0 radical (unpaired) electrons. The number of hydrogen-bond acceptors (Lipinski definition) is 5. The molecule has 1 amide bonds. The van der Waals surface area contributed by atoms with Crippen molar-refractivity contribution in [3.8, 4) is 0 Å². The van der Waals surface area contributed by atoms with Gasteiger partial charge in [-0.15, -0.1) is 35.0 Å². The minimum absolute atomic E-state index is 0. The summed E-state index contributed by atoms with van der Waals surface area (Å²) < 4.78 is 0. The van der Waals surface area contributed by atoms with E-state index in [4.69, 9.17) is 5.73 Å². The molecule has 0 aliphatic heterocycles. The van der Waals surface area contributed by atoms with Crippen LogP contribution in [0, 0.1) is 6.92 Å². The lowest BCUT2D eigenvalue weighted by molar-refractivity contribution is 0.102. The van der Waals surface area contributed by atoms with Crippen molar-refractivity contribution < 1.29 is 4.79 Å². The number of halogens is 2. The molecular weight excluding hydrogens is 379 g/mol. The Morgan fingerprint density at radius 1 is 1.24 bits per heavy atom. The molecule has 2 aromatic carbocycles. The van der Waals surface area contributed by atoms with Crippen molar-refractivity contribution in [3.63, 3.8) is 0 Å². The number of nitrogens with one attached hydrogen (secondary N) is 1. The number of hydrogen-bond donors (Lipinski definition) is 2. The molecule has 1 fully saturated rings.